The van der Waals surface area contributed by atoms with Crippen LogP contribution in [0.15, 0.2) is 0 Å². The zero-order valence-electron chi connectivity index (χ0n) is 3.74. The fourth-order valence-electron chi connectivity index (χ4n) is 0. The summed E-state index contributed by atoms with van der Waals surface area (Å²) in [5.74, 6) is 0. The topological polar surface area (TPSA) is 0 Å². The molecule has 0 spiro atoms. The van der Waals surface area contributed by atoms with Crippen molar-refractivity contribution in [3.05, 3.63) is 0 Å². The van der Waals surface area contributed by atoms with Gasteiger partial charge in [-0.05, 0) is 0 Å². The van der Waals surface area contributed by atoms with E-state index in [1.165, 1.54) is 0 Å². The molecule has 0 saturated carbocycles. The summed E-state index contributed by atoms with van der Waals surface area (Å²) >= 11 is 11.2. The third-order valence-corrected chi connectivity index (χ3v) is 0. The van der Waals surface area contributed by atoms with Gasteiger partial charge in [0.2, 0.25) is 0 Å². The molecule has 0 fully saturated rings. The molecule has 0 aliphatic rings. The van der Waals surface area contributed by atoms with Gasteiger partial charge in [-0.15, -0.1) is 0 Å². The van der Waals surface area contributed by atoms with Crippen LogP contribution in [0.2, 0.25) is 0 Å². The average molecular weight is 282 g/mol. The Balaban J connectivity index is -0.0000000360. The Kier molecular flexibility index (Phi) is 87.0. The molecule has 0 aromatic carbocycles. The molecule has 0 bridgehead atoms. The Hall–Kier alpha value is 2.79. The molecule has 0 aliphatic heterocycles. The molecule has 0 aromatic heterocycles. The predicted octanol–water partition coefficient (Wildman–Crippen LogP) is 0.222. The average Bonchev–Trinajstić information content (AvgIpc) is 1.78. The first kappa shape index (κ1) is 16.4. The summed E-state index contributed by atoms with van der Waals surface area (Å²) in [6, 6.07) is 0. The van der Waals surface area contributed by atoms with Crippen LogP contribution in [-0.4, -0.2) is 4.73 Å². The maximum absolute atomic E-state index is 2.69. The summed E-state index contributed by atoms with van der Waals surface area (Å²) in [4.78, 5) is 0. The molecule has 7 heavy (non-hydrogen) atoms. The zero-order chi connectivity index (χ0) is 6.71. The van der Waals surface area contributed by atoms with Crippen molar-refractivity contribution in [1.82, 2.24) is 0 Å². The Morgan fingerprint density at radius 3 is 1.00 bits per heavy atom. The second-order valence-corrected chi connectivity index (χ2v) is 0.922. The van der Waals surface area contributed by atoms with Gasteiger partial charge in [-0.2, -0.15) is 0 Å². The second-order valence-electron chi connectivity index (χ2n) is 0.224. The van der Waals surface area contributed by atoms with Gasteiger partial charge in [0.05, 0.1) is 0 Å². The van der Waals surface area contributed by atoms with Crippen LogP contribution >= 0.6 is 0 Å². The van der Waals surface area contributed by atoms with E-state index < -0.39 is 0 Å². The summed E-state index contributed by atoms with van der Waals surface area (Å²) in [6.07, 6.45) is 0. The van der Waals surface area contributed by atoms with E-state index in [2.05, 4.69) is 80.2 Å². The summed E-state index contributed by atoms with van der Waals surface area (Å²) in [7, 11) is 0. The van der Waals surface area contributed by atoms with Gasteiger partial charge in [-0.1, -0.05) is 0 Å². The molecule has 0 unspecified atom stereocenters. The Bertz CT molecular complexity index is 25.3. The molecule has 0 saturated heterocycles. The van der Waals surface area contributed by atoms with Crippen LogP contribution in [0.1, 0.15) is 6.92 Å². The van der Waals surface area contributed by atoms with Crippen molar-refractivity contribution < 1.29 is 75.5 Å². The Morgan fingerprint density at radius 1 is 1.00 bits per heavy atom. The monoisotopic (exact) mass is 282 g/mol. The molecule has 5 heteroatoms. The molecule has 0 aliphatic carbocycles. The fourth-order valence-corrected chi connectivity index (χ4v) is 0. The fraction of sp³-hybridized carbons (Fsp3) is 0.500. The van der Waals surface area contributed by atoms with Gasteiger partial charge in [0, 0.05) is 0 Å². The summed E-state index contributed by atoms with van der Waals surface area (Å²) in [5.41, 5.74) is 0. The molecule has 0 N–H and O–H groups in total. The standard InChI is InChI=1S/C2H3.5V/c1-2;;;;;/h1H3;;;;;/q-1;;;;;. The zero-order valence-corrected chi connectivity index (χ0v) is 10.7. The normalized spacial score (nSPS) is 2.29. The molecule has 0 heterocycles. The summed E-state index contributed by atoms with van der Waals surface area (Å²) in [6.45, 7) is 1.85. The molecule has 0 nitrogen and oxygen atoms in total. The van der Waals surface area contributed by atoms with Crippen LogP contribution < -0.4 is 0 Å². The van der Waals surface area contributed by atoms with Crippen LogP contribution in [0.3, 0.4) is 0 Å². The van der Waals surface area contributed by atoms with Crippen molar-refractivity contribution in [2.45, 2.75) is 6.92 Å². The molecule has 0 amide bonds. The molecule has 0 rings (SSSR count). The molecule has 0 atom stereocenters. The van der Waals surface area contributed by atoms with Crippen molar-refractivity contribution in [2.24, 2.45) is 0 Å². The van der Waals surface area contributed by atoms with Crippen molar-refractivity contribution in [3.63, 3.8) is 0 Å². The number of rotatable bonds is 0. The van der Waals surface area contributed by atoms with E-state index in [0.29, 0.717) is 0 Å². The second kappa shape index (κ2) is 37.1. The van der Waals surface area contributed by atoms with Crippen LogP contribution in [0.5, 0.6) is 0 Å². The third-order valence-electron chi connectivity index (χ3n) is 0. The van der Waals surface area contributed by atoms with E-state index in [-0.39, 0.29) is 0 Å². The predicted molar refractivity (Wildman–Crippen MR) is 10.7 cm³/mol. The summed E-state index contributed by atoms with van der Waals surface area (Å²) < 4.78 is 2.69. The van der Waals surface area contributed by atoms with E-state index in [9.17, 15) is 0 Å². The quantitative estimate of drug-likeness (QED) is 0.558. The van der Waals surface area contributed by atoms with E-state index in [1.54, 1.807) is 0 Å². The summed E-state index contributed by atoms with van der Waals surface area (Å²) in [5, 5.41) is 0. The van der Waals surface area contributed by atoms with E-state index in [0.717, 1.165) is 0 Å². The van der Waals surface area contributed by atoms with Gasteiger partial charge in [-0.25, -0.2) is 0 Å². The van der Waals surface area contributed by atoms with Crippen LogP contribution in [0, 0.1) is 0 Å². The molecule has 37 valence electrons. The van der Waals surface area contributed by atoms with E-state index in [4.69, 9.17) is 0 Å². The van der Waals surface area contributed by atoms with Gasteiger partial charge >= 0.3 is 87.2 Å². The van der Waals surface area contributed by atoms with Crippen LogP contribution in [-0.2, 0) is 75.5 Å². The first-order chi connectivity index (χ1) is 3.41. The molecular formula is C2H3V5-. The van der Waals surface area contributed by atoms with Crippen LogP contribution in [0.25, 0.3) is 0 Å². The third kappa shape index (κ3) is 52.0. The van der Waals surface area contributed by atoms with Crippen molar-refractivity contribution in [1.29, 1.82) is 0 Å². The van der Waals surface area contributed by atoms with Gasteiger partial charge < -0.3 is 0 Å². The van der Waals surface area contributed by atoms with Gasteiger partial charge in [0.1, 0.15) is 0 Å². The molecule has 0 aromatic rings. The van der Waals surface area contributed by atoms with Crippen molar-refractivity contribution >= 4 is 4.73 Å². The maximum atomic E-state index is 2.69. The van der Waals surface area contributed by atoms with Gasteiger partial charge in [0.15, 0.2) is 0 Å². The number of hydrogen-bond acceptors (Lipinski definition) is 0. The van der Waals surface area contributed by atoms with Gasteiger partial charge in [0.25, 0.3) is 0 Å². The van der Waals surface area contributed by atoms with Crippen molar-refractivity contribution in [3.8, 4) is 0 Å². The number of hydrogen-bond donors (Lipinski definition) is 0. The minimum absolute atomic E-state index is 1.85. The Morgan fingerprint density at radius 2 is 1.00 bits per heavy atom. The SMILES string of the molecule is C[C-]=[V].[V]=[V].[V]=[V]. The van der Waals surface area contributed by atoms with E-state index in [1.807, 2.05) is 6.92 Å². The first-order valence-corrected chi connectivity index (χ1v) is 8.22. The molecule has 0 radical (unpaired) electrons. The first-order valence-electron chi connectivity index (χ1n) is 1.12. The van der Waals surface area contributed by atoms with Crippen LogP contribution in [0.4, 0.5) is 0 Å². The van der Waals surface area contributed by atoms with E-state index >= 15 is 0 Å². The Labute approximate surface area is 85.7 Å². The minimum atomic E-state index is 1.85. The molecular weight excluding hydrogens is 279 g/mol. The van der Waals surface area contributed by atoms with Gasteiger partial charge in [-0.3, -0.25) is 0 Å². The van der Waals surface area contributed by atoms with Crippen molar-refractivity contribution in [2.75, 3.05) is 0 Å².